The number of carboxylic acid groups (broad SMARTS) is 1. The fourth-order valence-corrected chi connectivity index (χ4v) is 6.43. The highest BCUT2D eigenvalue weighted by atomic mass is 16.5. The highest BCUT2D eigenvalue weighted by Gasteiger charge is 2.28. The molecule has 6 nitrogen and oxygen atoms in total. The van der Waals surface area contributed by atoms with E-state index >= 15 is 0 Å². The number of methoxy groups -OCH3 is 1. The lowest BCUT2D eigenvalue weighted by atomic mass is 9.81. The van der Waals surface area contributed by atoms with Crippen LogP contribution in [-0.2, 0) is 6.54 Å². The van der Waals surface area contributed by atoms with E-state index in [4.69, 9.17) is 9.72 Å². The quantitative estimate of drug-likeness (QED) is 0.227. The fourth-order valence-electron chi connectivity index (χ4n) is 6.43. The van der Waals surface area contributed by atoms with Crippen LogP contribution in [0.4, 0.5) is 0 Å². The first-order chi connectivity index (χ1) is 19.5. The van der Waals surface area contributed by atoms with Gasteiger partial charge in [-0.3, -0.25) is 0 Å². The van der Waals surface area contributed by atoms with E-state index in [9.17, 15) is 9.90 Å². The summed E-state index contributed by atoms with van der Waals surface area (Å²) in [5.41, 5.74) is 8.69. The Balaban J connectivity index is 1.55. The van der Waals surface area contributed by atoms with Gasteiger partial charge in [-0.2, -0.15) is 0 Å². The van der Waals surface area contributed by atoms with Gasteiger partial charge in [0.1, 0.15) is 11.4 Å². The molecule has 0 radical (unpaired) electrons. The predicted octanol–water partition coefficient (Wildman–Crippen LogP) is 8.39. The molecule has 3 aromatic heterocycles. The van der Waals surface area contributed by atoms with Crippen LogP contribution in [0.1, 0.15) is 73.0 Å². The molecular weight excluding hydrogens is 498 g/mol. The van der Waals surface area contributed by atoms with Gasteiger partial charge < -0.3 is 14.4 Å². The van der Waals surface area contributed by atoms with Gasteiger partial charge in [0.05, 0.1) is 24.0 Å². The number of fused-ring (bicyclic) bond motifs is 2. The molecule has 1 fully saturated rings. The molecule has 0 unspecified atom stereocenters. The standard InChI is InChI=1S/C34H35N3O3/c1-4-20-37-32(31(23-8-6-5-7-9-23)27-16-19-30(34(38)39)36-33(27)37)26-15-18-29-25(21(26)2)14-17-28(35-29)22-10-12-24(40-3)13-11-22/h10-19,23H,4-9,20H2,1-3H3,(H,38,39). The van der Waals surface area contributed by atoms with Crippen molar-refractivity contribution in [1.82, 2.24) is 14.5 Å². The van der Waals surface area contributed by atoms with Crippen molar-refractivity contribution in [3.05, 3.63) is 77.5 Å². The van der Waals surface area contributed by atoms with Crippen molar-refractivity contribution in [1.29, 1.82) is 0 Å². The van der Waals surface area contributed by atoms with E-state index < -0.39 is 5.97 Å². The van der Waals surface area contributed by atoms with Gasteiger partial charge in [0.2, 0.25) is 0 Å². The number of nitrogens with zero attached hydrogens (tertiary/aromatic N) is 3. The minimum Gasteiger partial charge on any atom is -0.497 e. The third-order valence-electron chi connectivity index (χ3n) is 8.41. The number of aryl methyl sites for hydroxylation is 2. The van der Waals surface area contributed by atoms with Crippen molar-refractivity contribution in [2.45, 2.75) is 64.8 Å². The number of carboxylic acids is 1. The Morgan fingerprint density at radius 1 is 0.950 bits per heavy atom. The van der Waals surface area contributed by atoms with E-state index in [1.807, 2.05) is 30.3 Å². The van der Waals surface area contributed by atoms with Crippen LogP contribution in [0.5, 0.6) is 5.75 Å². The van der Waals surface area contributed by atoms with Crippen LogP contribution in [-0.4, -0.2) is 32.7 Å². The maximum atomic E-state index is 11.9. The van der Waals surface area contributed by atoms with Gasteiger partial charge in [0.25, 0.3) is 0 Å². The molecule has 3 heterocycles. The lowest BCUT2D eigenvalue weighted by molar-refractivity contribution is 0.0691. The van der Waals surface area contributed by atoms with Gasteiger partial charge >= 0.3 is 5.97 Å². The number of hydrogen-bond donors (Lipinski definition) is 1. The van der Waals surface area contributed by atoms with Gasteiger partial charge in [-0.25, -0.2) is 14.8 Å². The maximum Gasteiger partial charge on any atom is 0.354 e. The third kappa shape index (κ3) is 4.51. The summed E-state index contributed by atoms with van der Waals surface area (Å²) >= 11 is 0. The molecule has 6 heteroatoms. The molecule has 6 rings (SSSR count). The molecule has 5 aromatic rings. The Bertz CT molecular complexity index is 1710. The molecule has 0 saturated heterocycles. The second-order valence-corrected chi connectivity index (χ2v) is 10.9. The summed E-state index contributed by atoms with van der Waals surface area (Å²) in [5, 5.41) is 11.9. The molecule has 1 saturated carbocycles. The third-order valence-corrected chi connectivity index (χ3v) is 8.41. The van der Waals surface area contributed by atoms with Crippen LogP contribution in [0.3, 0.4) is 0 Å². The van der Waals surface area contributed by atoms with Gasteiger partial charge in [-0.15, -0.1) is 0 Å². The molecule has 204 valence electrons. The van der Waals surface area contributed by atoms with Crippen LogP contribution < -0.4 is 4.74 Å². The summed E-state index contributed by atoms with van der Waals surface area (Å²) in [6, 6.07) is 20.2. The van der Waals surface area contributed by atoms with Crippen molar-refractivity contribution < 1.29 is 14.6 Å². The predicted molar refractivity (Wildman–Crippen MR) is 160 cm³/mol. The second-order valence-electron chi connectivity index (χ2n) is 10.9. The van der Waals surface area contributed by atoms with Crippen LogP contribution in [0, 0.1) is 6.92 Å². The summed E-state index contributed by atoms with van der Waals surface area (Å²) in [4.78, 5) is 21.6. The number of rotatable bonds is 7. The van der Waals surface area contributed by atoms with Gasteiger partial charge in [-0.1, -0.05) is 38.3 Å². The molecule has 40 heavy (non-hydrogen) atoms. The average Bonchev–Trinajstić information content (AvgIpc) is 3.31. The van der Waals surface area contributed by atoms with E-state index in [0.29, 0.717) is 5.92 Å². The summed E-state index contributed by atoms with van der Waals surface area (Å²) in [6.45, 7) is 5.12. The van der Waals surface area contributed by atoms with Crippen LogP contribution in [0.2, 0.25) is 0 Å². The number of ether oxygens (including phenoxy) is 1. The molecule has 1 aliphatic rings. The first kappa shape index (κ1) is 26.1. The minimum absolute atomic E-state index is 0.0922. The molecule has 0 aliphatic heterocycles. The molecule has 0 spiro atoms. The highest BCUT2D eigenvalue weighted by molar-refractivity contribution is 5.97. The number of hydrogen-bond acceptors (Lipinski definition) is 4. The van der Waals surface area contributed by atoms with Crippen molar-refractivity contribution in [3.8, 4) is 28.3 Å². The first-order valence-electron chi connectivity index (χ1n) is 14.3. The van der Waals surface area contributed by atoms with Crippen LogP contribution in [0.25, 0.3) is 44.5 Å². The normalized spacial score (nSPS) is 14.2. The highest BCUT2D eigenvalue weighted by Crippen LogP contribution is 2.45. The summed E-state index contributed by atoms with van der Waals surface area (Å²) in [6.07, 6.45) is 6.95. The Kier molecular flexibility index (Phi) is 7.01. The monoisotopic (exact) mass is 533 g/mol. The Labute approximate surface area is 234 Å². The van der Waals surface area contributed by atoms with Crippen LogP contribution in [0.15, 0.2) is 60.7 Å². The Morgan fingerprint density at radius 3 is 2.40 bits per heavy atom. The number of aromatic nitrogens is 3. The van der Waals surface area contributed by atoms with Gasteiger partial charge in [0.15, 0.2) is 5.69 Å². The maximum absolute atomic E-state index is 11.9. The number of pyridine rings is 2. The zero-order chi connectivity index (χ0) is 27.8. The largest absolute Gasteiger partial charge is 0.497 e. The zero-order valence-corrected chi connectivity index (χ0v) is 23.4. The van der Waals surface area contributed by atoms with Gasteiger partial charge in [-0.05, 0) is 91.8 Å². The molecular formula is C34H35N3O3. The second kappa shape index (κ2) is 10.8. The zero-order valence-electron chi connectivity index (χ0n) is 23.4. The van der Waals surface area contributed by atoms with E-state index in [1.54, 1.807) is 13.2 Å². The molecule has 1 N–H and O–H groups in total. The summed E-state index contributed by atoms with van der Waals surface area (Å²) in [5.74, 6) is 0.270. The summed E-state index contributed by atoms with van der Waals surface area (Å²) < 4.78 is 7.59. The van der Waals surface area contributed by atoms with Crippen molar-refractivity contribution in [3.63, 3.8) is 0 Å². The number of carbonyl (C=O) groups is 1. The van der Waals surface area contributed by atoms with Gasteiger partial charge in [0, 0.05) is 28.4 Å². The lowest BCUT2D eigenvalue weighted by Gasteiger charge is -2.24. The van der Waals surface area contributed by atoms with E-state index in [1.165, 1.54) is 41.6 Å². The smallest absolute Gasteiger partial charge is 0.354 e. The Hall–Kier alpha value is -4.19. The van der Waals surface area contributed by atoms with Crippen molar-refractivity contribution in [2.24, 2.45) is 0 Å². The molecule has 0 amide bonds. The van der Waals surface area contributed by atoms with E-state index in [-0.39, 0.29) is 5.69 Å². The SMILES string of the molecule is CCCn1c(-c2ccc3nc(-c4ccc(OC)cc4)ccc3c2C)c(C2CCCCC2)c2ccc(C(=O)O)nc21. The number of aromatic carboxylic acids is 1. The number of benzene rings is 2. The fraction of sp³-hybridized carbons (Fsp3) is 0.324. The van der Waals surface area contributed by atoms with E-state index in [0.717, 1.165) is 64.8 Å². The molecule has 0 atom stereocenters. The molecule has 0 bridgehead atoms. The Morgan fingerprint density at radius 2 is 1.70 bits per heavy atom. The van der Waals surface area contributed by atoms with Crippen molar-refractivity contribution >= 4 is 27.9 Å². The topological polar surface area (TPSA) is 77.2 Å². The van der Waals surface area contributed by atoms with Crippen LogP contribution >= 0.6 is 0 Å². The average molecular weight is 534 g/mol. The molecule has 2 aromatic carbocycles. The van der Waals surface area contributed by atoms with E-state index in [2.05, 4.69) is 47.7 Å². The van der Waals surface area contributed by atoms with Crippen molar-refractivity contribution in [2.75, 3.05) is 7.11 Å². The molecule has 1 aliphatic carbocycles. The lowest BCUT2D eigenvalue weighted by Crippen LogP contribution is -2.08. The first-order valence-corrected chi connectivity index (χ1v) is 14.3. The minimum atomic E-state index is -0.993. The summed E-state index contributed by atoms with van der Waals surface area (Å²) in [7, 11) is 1.67.